The fourth-order valence-corrected chi connectivity index (χ4v) is 2.75. The van der Waals surface area contributed by atoms with Gasteiger partial charge in [-0.05, 0) is 18.1 Å². The molecule has 0 amide bonds. The molecular weight excluding hydrogens is 306 g/mol. The quantitative estimate of drug-likeness (QED) is 0.778. The number of carboxylic acid groups (broad SMARTS) is 1. The van der Waals surface area contributed by atoms with E-state index < -0.39 is 43.7 Å². The molecule has 0 saturated heterocycles. The van der Waals surface area contributed by atoms with Crippen LogP contribution in [0.25, 0.3) is 0 Å². The second kappa shape index (κ2) is 6.95. The van der Waals surface area contributed by atoms with Crippen molar-refractivity contribution in [1.29, 1.82) is 0 Å². The van der Waals surface area contributed by atoms with Gasteiger partial charge in [-0.25, -0.2) is 22.0 Å². The van der Waals surface area contributed by atoms with E-state index in [0.717, 1.165) is 0 Å². The summed E-state index contributed by atoms with van der Waals surface area (Å²) in [6.45, 7) is 3.90. The third-order valence-corrected chi connectivity index (χ3v) is 4.20. The van der Waals surface area contributed by atoms with Crippen molar-refractivity contribution in [3.63, 3.8) is 0 Å². The average Bonchev–Trinajstić information content (AvgIpc) is 2.37. The number of ether oxygens (including phenoxy) is 1. The summed E-state index contributed by atoms with van der Waals surface area (Å²) < 4.78 is 55.9. The van der Waals surface area contributed by atoms with Crippen molar-refractivity contribution in [3.8, 4) is 0 Å². The SMILES string of the molecule is CC(C)COCCS(=O)(=O)c1cc(C(=O)O)cc(F)c1F. The van der Waals surface area contributed by atoms with Crippen LogP contribution in [0, 0.1) is 17.6 Å². The van der Waals surface area contributed by atoms with Crippen LogP contribution in [-0.2, 0) is 14.6 Å². The molecule has 0 atom stereocenters. The van der Waals surface area contributed by atoms with E-state index in [9.17, 15) is 22.0 Å². The van der Waals surface area contributed by atoms with Crippen LogP contribution >= 0.6 is 0 Å². The van der Waals surface area contributed by atoms with Gasteiger partial charge in [0.25, 0.3) is 0 Å². The lowest BCUT2D eigenvalue weighted by molar-refractivity contribution is 0.0696. The van der Waals surface area contributed by atoms with E-state index in [4.69, 9.17) is 9.84 Å². The van der Waals surface area contributed by atoms with Crippen LogP contribution in [0.15, 0.2) is 17.0 Å². The molecule has 0 heterocycles. The van der Waals surface area contributed by atoms with E-state index in [-0.39, 0.29) is 12.5 Å². The number of hydrogen-bond acceptors (Lipinski definition) is 4. The fraction of sp³-hybridized carbons (Fsp3) is 0.462. The van der Waals surface area contributed by atoms with E-state index >= 15 is 0 Å². The molecule has 0 bridgehead atoms. The van der Waals surface area contributed by atoms with Gasteiger partial charge in [0.2, 0.25) is 0 Å². The van der Waals surface area contributed by atoms with Gasteiger partial charge in [-0.15, -0.1) is 0 Å². The Morgan fingerprint density at radius 3 is 2.48 bits per heavy atom. The summed E-state index contributed by atoms with van der Waals surface area (Å²) in [7, 11) is -4.17. The van der Waals surface area contributed by atoms with Gasteiger partial charge in [0.05, 0.1) is 17.9 Å². The maximum absolute atomic E-state index is 13.6. The minimum absolute atomic E-state index is 0.182. The van der Waals surface area contributed by atoms with Crippen molar-refractivity contribution in [2.45, 2.75) is 18.7 Å². The number of benzene rings is 1. The van der Waals surface area contributed by atoms with Gasteiger partial charge in [0.15, 0.2) is 21.5 Å². The summed E-state index contributed by atoms with van der Waals surface area (Å²) >= 11 is 0. The van der Waals surface area contributed by atoms with Crippen molar-refractivity contribution in [1.82, 2.24) is 0 Å². The Morgan fingerprint density at radius 2 is 1.95 bits per heavy atom. The minimum atomic E-state index is -4.17. The smallest absolute Gasteiger partial charge is 0.335 e. The van der Waals surface area contributed by atoms with Crippen LogP contribution in [0.4, 0.5) is 8.78 Å². The lowest BCUT2D eigenvalue weighted by Gasteiger charge is -2.09. The second-order valence-corrected chi connectivity index (χ2v) is 6.94. The van der Waals surface area contributed by atoms with Crippen molar-refractivity contribution in [2.75, 3.05) is 19.0 Å². The highest BCUT2D eigenvalue weighted by Gasteiger charge is 2.24. The minimum Gasteiger partial charge on any atom is -0.478 e. The van der Waals surface area contributed by atoms with E-state index in [0.29, 0.717) is 18.7 Å². The maximum atomic E-state index is 13.6. The number of carboxylic acids is 1. The van der Waals surface area contributed by atoms with Crippen molar-refractivity contribution < 1.29 is 31.8 Å². The number of aromatic carboxylic acids is 1. The van der Waals surface area contributed by atoms with Gasteiger partial charge < -0.3 is 9.84 Å². The Morgan fingerprint density at radius 1 is 1.33 bits per heavy atom. The van der Waals surface area contributed by atoms with Crippen molar-refractivity contribution >= 4 is 15.8 Å². The third-order valence-electron chi connectivity index (χ3n) is 2.52. The molecule has 1 aromatic carbocycles. The van der Waals surface area contributed by atoms with Gasteiger partial charge in [0, 0.05) is 6.61 Å². The van der Waals surface area contributed by atoms with E-state index in [1.807, 2.05) is 13.8 Å². The summed E-state index contributed by atoms with van der Waals surface area (Å²) in [4.78, 5) is 9.81. The fourth-order valence-electron chi connectivity index (χ4n) is 1.51. The molecule has 8 heteroatoms. The summed E-state index contributed by atoms with van der Waals surface area (Å²) in [5.74, 6) is -4.99. The van der Waals surface area contributed by atoms with Gasteiger partial charge in [-0.2, -0.15) is 0 Å². The zero-order valence-electron chi connectivity index (χ0n) is 11.6. The molecule has 1 aromatic rings. The Kier molecular flexibility index (Phi) is 5.79. The Labute approximate surface area is 121 Å². The van der Waals surface area contributed by atoms with Crippen molar-refractivity contribution in [2.24, 2.45) is 5.92 Å². The third kappa shape index (κ3) is 4.75. The molecular formula is C13H16F2O5S. The monoisotopic (exact) mass is 322 g/mol. The van der Waals surface area contributed by atoms with Crippen LogP contribution in [0.3, 0.4) is 0 Å². The van der Waals surface area contributed by atoms with Crippen LogP contribution in [-0.4, -0.2) is 38.5 Å². The zero-order valence-corrected chi connectivity index (χ0v) is 12.4. The lowest BCUT2D eigenvalue weighted by Crippen LogP contribution is -2.17. The average molecular weight is 322 g/mol. The predicted molar refractivity (Wildman–Crippen MR) is 71.0 cm³/mol. The Balaban J connectivity index is 2.99. The van der Waals surface area contributed by atoms with E-state index in [2.05, 4.69) is 0 Å². The number of hydrogen-bond donors (Lipinski definition) is 1. The molecule has 0 aliphatic carbocycles. The molecule has 5 nitrogen and oxygen atoms in total. The summed E-state index contributed by atoms with van der Waals surface area (Å²) in [6, 6.07) is 1.05. The first kappa shape index (κ1) is 17.5. The van der Waals surface area contributed by atoms with Gasteiger partial charge in [0.1, 0.15) is 4.90 Å². The Hall–Kier alpha value is -1.54. The summed E-state index contributed by atoms with van der Waals surface area (Å²) in [5, 5.41) is 8.76. The Bertz CT molecular complexity index is 626. The van der Waals surface area contributed by atoms with Gasteiger partial charge in [-0.3, -0.25) is 0 Å². The predicted octanol–water partition coefficient (Wildman–Crippen LogP) is 2.11. The molecule has 1 N–H and O–H groups in total. The molecule has 0 radical (unpaired) electrons. The highest BCUT2D eigenvalue weighted by molar-refractivity contribution is 7.91. The zero-order chi connectivity index (χ0) is 16.2. The first-order valence-corrected chi connectivity index (χ1v) is 7.83. The first-order chi connectivity index (χ1) is 9.65. The number of carbonyl (C=O) groups is 1. The maximum Gasteiger partial charge on any atom is 0.335 e. The molecule has 0 aliphatic rings. The molecule has 0 saturated carbocycles. The molecule has 118 valence electrons. The number of rotatable bonds is 7. The van der Waals surface area contributed by atoms with E-state index in [1.54, 1.807) is 0 Å². The first-order valence-electron chi connectivity index (χ1n) is 6.18. The standard InChI is InChI=1S/C13H16F2O5S/c1-8(2)7-20-3-4-21(18,19)11-6-9(13(16)17)5-10(14)12(11)15/h5-6,8H,3-4,7H2,1-2H3,(H,16,17). The second-order valence-electron chi connectivity index (χ2n) is 4.86. The topological polar surface area (TPSA) is 80.7 Å². The van der Waals surface area contributed by atoms with Crippen LogP contribution < -0.4 is 0 Å². The lowest BCUT2D eigenvalue weighted by atomic mass is 10.2. The van der Waals surface area contributed by atoms with Gasteiger partial charge >= 0.3 is 5.97 Å². The summed E-state index contributed by atoms with van der Waals surface area (Å²) in [5.41, 5.74) is -0.629. The molecule has 21 heavy (non-hydrogen) atoms. The summed E-state index contributed by atoms with van der Waals surface area (Å²) in [6.07, 6.45) is 0. The van der Waals surface area contributed by atoms with E-state index in [1.165, 1.54) is 0 Å². The van der Waals surface area contributed by atoms with Gasteiger partial charge in [-0.1, -0.05) is 13.8 Å². The molecule has 0 aromatic heterocycles. The highest BCUT2D eigenvalue weighted by atomic mass is 32.2. The molecule has 0 spiro atoms. The number of halogens is 2. The molecule has 1 rings (SSSR count). The normalized spacial score (nSPS) is 11.9. The highest BCUT2D eigenvalue weighted by Crippen LogP contribution is 2.21. The largest absolute Gasteiger partial charge is 0.478 e. The molecule has 0 aliphatic heterocycles. The number of sulfone groups is 1. The molecule has 0 unspecified atom stereocenters. The molecule has 0 fully saturated rings. The van der Waals surface area contributed by atoms with Crippen LogP contribution in [0.5, 0.6) is 0 Å². The van der Waals surface area contributed by atoms with Crippen molar-refractivity contribution in [3.05, 3.63) is 29.3 Å². The van der Waals surface area contributed by atoms with Crippen LogP contribution in [0.2, 0.25) is 0 Å². The van der Waals surface area contributed by atoms with Crippen LogP contribution in [0.1, 0.15) is 24.2 Å².